The van der Waals surface area contributed by atoms with E-state index < -0.39 is 4.92 Å². The fraction of sp³-hybridized carbons (Fsp3) is 0.444. The third-order valence-electron chi connectivity index (χ3n) is 4.73. The average molecular weight is 372 g/mol. The molecule has 2 aromatic rings. The molecule has 1 saturated heterocycles. The van der Waals surface area contributed by atoms with Crippen molar-refractivity contribution in [3.63, 3.8) is 0 Å². The van der Waals surface area contributed by atoms with Gasteiger partial charge in [-0.05, 0) is 26.0 Å². The van der Waals surface area contributed by atoms with E-state index in [1.54, 1.807) is 12.1 Å². The number of nitro benzene ring substituents is 1. The van der Waals surface area contributed by atoms with Crippen LogP contribution in [0.25, 0.3) is 5.69 Å². The number of rotatable bonds is 6. The lowest BCUT2D eigenvalue weighted by Crippen LogP contribution is -2.44. The maximum Gasteiger partial charge on any atom is 0.280 e. The van der Waals surface area contributed by atoms with E-state index in [0.717, 1.165) is 38.4 Å². The molecule has 0 spiro atoms. The Morgan fingerprint density at radius 2 is 1.93 bits per heavy atom. The van der Waals surface area contributed by atoms with Crippen LogP contribution in [0.5, 0.6) is 0 Å². The minimum atomic E-state index is -0.465. The van der Waals surface area contributed by atoms with Crippen molar-refractivity contribution in [1.29, 1.82) is 0 Å². The maximum absolute atomic E-state index is 12.8. The highest BCUT2D eigenvalue weighted by atomic mass is 16.6. The van der Waals surface area contributed by atoms with Crippen molar-refractivity contribution < 1.29 is 4.92 Å². The van der Waals surface area contributed by atoms with Crippen LogP contribution in [-0.4, -0.2) is 64.6 Å². The summed E-state index contributed by atoms with van der Waals surface area (Å²) in [4.78, 5) is 30.1. The van der Waals surface area contributed by atoms with Crippen LogP contribution in [0.3, 0.4) is 0 Å². The van der Waals surface area contributed by atoms with Crippen LogP contribution in [0.2, 0.25) is 0 Å². The molecule has 1 aromatic heterocycles. The first kappa shape index (κ1) is 19.0. The van der Waals surface area contributed by atoms with Crippen LogP contribution in [0.4, 0.5) is 5.69 Å². The van der Waals surface area contributed by atoms with E-state index in [4.69, 9.17) is 0 Å². The molecule has 144 valence electrons. The third-order valence-corrected chi connectivity index (χ3v) is 4.73. The Hall–Kier alpha value is -2.78. The molecule has 0 unspecified atom stereocenters. The van der Waals surface area contributed by atoms with Crippen LogP contribution in [0.1, 0.15) is 18.2 Å². The van der Waals surface area contributed by atoms with Crippen molar-refractivity contribution in [3.8, 4) is 5.69 Å². The van der Waals surface area contributed by atoms with E-state index in [0.29, 0.717) is 23.5 Å². The number of non-ortho nitro benzene ring substituents is 1. The lowest BCUT2D eigenvalue weighted by molar-refractivity contribution is -0.384. The highest BCUT2D eigenvalue weighted by molar-refractivity contribution is 5.99. The molecule has 0 aliphatic carbocycles. The molecule has 1 aromatic carbocycles. The summed E-state index contributed by atoms with van der Waals surface area (Å²) >= 11 is 0. The molecule has 2 heterocycles. The maximum atomic E-state index is 12.8. The first-order chi connectivity index (χ1) is 13.0. The first-order valence-electron chi connectivity index (χ1n) is 8.98. The number of H-pyrrole nitrogens is 1. The van der Waals surface area contributed by atoms with Crippen LogP contribution in [-0.2, 0) is 0 Å². The number of hydrogen-bond acceptors (Lipinski definition) is 6. The number of nitro groups is 1. The number of nitrogens with zero attached hydrogens (tertiary/aromatic N) is 4. The lowest BCUT2D eigenvalue weighted by Gasteiger charge is -2.26. The summed E-state index contributed by atoms with van der Waals surface area (Å²) in [5.74, 6) is 0. The largest absolute Gasteiger partial charge is 0.314 e. The molecule has 0 radical (unpaired) electrons. The van der Waals surface area contributed by atoms with Crippen molar-refractivity contribution in [1.82, 2.24) is 20.0 Å². The molecular formula is C18H24N6O3. The number of benzene rings is 1. The molecule has 27 heavy (non-hydrogen) atoms. The number of aryl methyl sites for hydroxylation is 1. The van der Waals surface area contributed by atoms with Gasteiger partial charge in [0.25, 0.3) is 11.2 Å². The normalized spacial score (nSPS) is 15.9. The highest BCUT2D eigenvalue weighted by Crippen LogP contribution is 2.14. The predicted octanol–water partition coefficient (Wildman–Crippen LogP) is 1.10. The molecule has 1 aliphatic heterocycles. The van der Waals surface area contributed by atoms with Gasteiger partial charge >= 0.3 is 0 Å². The first-order valence-corrected chi connectivity index (χ1v) is 8.98. The van der Waals surface area contributed by atoms with Gasteiger partial charge in [-0.15, -0.1) is 0 Å². The van der Waals surface area contributed by atoms with Gasteiger partial charge in [0.1, 0.15) is 0 Å². The van der Waals surface area contributed by atoms with Gasteiger partial charge in [0.15, 0.2) is 0 Å². The van der Waals surface area contributed by atoms with Crippen LogP contribution >= 0.6 is 0 Å². The van der Waals surface area contributed by atoms with Crippen molar-refractivity contribution in [2.45, 2.75) is 13.8 Å². The molecule has 0 bridgehead atoms. The van der Waals surface area contributed by atoms with E-state index in [2.05, 4.69) is 20.3 Å². The van der Waals surface area contributed by atoms with E-state index in [9.17, 15) is 14.9 Å². The fourth-order valence-corrected chi connectivity index (χ4v) is 3.25. The summed E-state index contributed by atoms with van der Waals surface area (Å²) in [6.45, 7) is 9.23. The number of aliphatic imine (C=N–C) groups is 1. The summed E-state index contributed by atoms with van der Waals surface area (Å²) < 4.78 is 1.39. The zero-order chi connectivity index (χ0) is 19.4. The zero-order valence-corrected chi connectivity index (χ0v) is 15.6. The quantitative estimate of drug-likeness (QED) is 0.448. The zero-order valence-electron chi connectivity index (χ0n) is 15.6. The summed E-state index contributed by atoms with van der Waals surface area (Å²) in [6, 6.07) is 5.87. The molecule has 1 aliphatic rings. The number of nitrogens with one attached hydrogen (secondary N) is 2. The minimum Gasteiger partial charge on any atom is -0.314 e. The molecule has 2 N–H and O–H groups in total. The average Bonchev–Trinajstić information content (AvgIpc) is 2.97. The standard InChI is InChI=1S/C18H24N6O3/c1-13(20-9-12-22-10-7-19-8-11-22)17-14(2)21-23(18(17)25)15-3-5-16(6-4-15)24(26)27/h3-6,19,21H,7-12H2,1-2H3. The minimum absolute atomic E-state index is 0.0130. The molecule has 3 rings (SSSR count). The number of hydrogen-bond donors (Lipinski definition) is 2. The monoisotopic (exact) mass is 372 g/mol. The predicted molar refractivity (Wildman–Crippen MR) is 104 cm³/mol. The van der Waals surface area contributed by atoms with Gasteiger partial charge in [0, 0.05) is 56.3 Å². The molecule has 0 saturated carbocycles. The van der Waals surface area contributed by atoms with Gasteiger partial charge in [-0.2, -0.15) is 0 Å². The Morgan fingerprint density at radius 3 is 2.56 bits per heavy atom. The van der Waals surface area contributed by atoms with Gasteiger partial charge in [0.05, 0.1) is 22.7 Å². The van der Waals surface area contributed by atoms with Gasteiger partial charge in [-0.25, -0.2) is 4.68 Å². The second-order valence-electron chi connectivity index (χ2n) is 6.58. The Kier molecular flexibility index (Phi) is 5.82. The molecule has 9 heteroatoms. The second kappa shape index (κ2) is 8.28. The molecule has 0 amide bonds. The molecule has 0 atom stereocenters. The number of aromatic amines is 1. The van der Waals surface area contributed by atoms with Gasteiger partial charge in [-0.1, -0.05) is 0 Å². The van der Waals surface area contributed by atoms with E-state index >= 15 is 0 Å². The van der Waals surface area contributed by atoms with Crippen molar-refractivity contribution >= 4 is 11.4 Å². The van der Waals surface area contributed by atoms with E-state index in [1.807, 2.05) is 13.8 Å². The third kappa shape index (κ3) is 4.32. The van der Waals surface area contributed by atoms with E-state index in [1.165, 1.54) is 16.8 Å². The summed E-state index contributed by atoms with van der Waals surface area (Å²) in [6.07, 6.45) is 0. The van der Waals surface area contributed by atoms with Gasteiger partial charge < -0.3 is 5.32 Å². The van der Waals surface area contributed by atoms with Crippen molar-refractivity contribution in [3.05, 3.63) is 56.0 Å². The fourth-order valence-electron chi connectivity index (χ4n) is 3.25. The van der Waals surface area contributed by atoms with E-state index in [-0.39, 0.29) is 11.2 Å². The van der Waals surface area contributed by atoms with Crippen LogP contribution in [0, 0.1) is 17.0 Å². The number of piperazine rings is 1. The summed E-state index contributed by atoms with van der Waals surface area (Å²) in [5, 5.41) is 17.1. The Bertz CT molecular complexity index is 891. The molecular weight excluding hydrogens is 348 g/mol. The van der Waals surface area contributed by atoms with Crippen LogP contribution < -0.4 is 10.9 Å². The highest BCUT2D eigenvalue weighted by Gasteiger charge is 2.16. The lowest BCUT2D eigenvalue weighted by atomic mass is 10.2. The smallest absolute Gasteiger partial charge is 0.280 e. The molecule has 9 nitrogen and oxygen atoms in total. The van der Waals surface area contributed by atoms with Crippen LogP contribution in [0.15, 0.2) is 34.1 Å². The Labute approximate surface area is 156 Å². The summed E-state index contributed by atoms with van der Waals surface area (Å²) in [5.41, 5.74) is 2.30. The Balaban J connectivity index is 1.77. The topological polar surface area (TPSA) is 109 Å². The summed E-state index contributed by atoms with van der Waals surface area (Å²) in [7, 11) is 0. The Morgan fingerprint density at radius 1 is 1.26 bits per heavy atom. The molecule has 1 fully saturated rings. The van der Waals surface area contributed by atoms with Crippen molar-refractivity contribution in [2.75, 3.05) is 39.3 Å². The van der Waals surface area contributed by atoms with Gasteiger partial charge in [-0.3, -0.25) is 29.9 Å². The second-order valence-corrected chi connectivity index (χ2v) is 6.58. The number of aromatic nitrogens is 2. The SMILES string of the molecule is CC(=NCCN1CCNCC1)c1c(C)[nH]n(-c2ccc([N+](=O)[O-])cc2)c1=O. The van der Waals surface area contributed by atoms with Crippen molar-refractivity contribution in [2.24, 2.45) is 4.99 Å². The van der Waals surface area contributed by atoms with Gasteiger partial charge in [0.2, 0.25) is 0 Å².